The van der Waals surface area contributed by atoms with Crippen molar-refractivity contribution >= 4 is 16.9 Å². The summed E-state index contributed by atoms with van der Waals surface area (Å²) in [5.41, 5.74) is 4.32. The first-order valence-electron chi connectivity index (χ1n) is 9.68. The minimum absolute atomic E-state index is 0.128. The number of amides is 1. The standard InChI is InChI=1S/C22H24N6O/c1-15(2)28-21-19(12-25-28)10-20(16(3)26-21)22(29)24-11-17-4-6-18(7-5-17)13-27-9-8-23-14-27/h4-10,12,14-15H,11,13H2,1-3H3,(H,24,29). The van der Waals surface area contributed by atoms with E-state index in [1.807, 2.05) is 40.6 Å². The van der Waals surface area contributed by atoms with E-state index in [9.17, 15) is 4.79 Å². The maximum absolute atomic E-state index is 12.7. The van der Waals surface area contributed by atoms with E-state index < -0.39 is 0 Å². The fourth-order valence-electron chi connectivity index (χ4n) is 3.30. The number of nitrogens with zero attached hydrogens (tertiary/aromatic N) is 5. The maximum atomic E-state index is 12.7. The topological polar surface area (TPSA) is 77.6 Å². The Kier molecular flexibility index (Phi) is 5.12. The van der Waals surface area contributed by atoms with E-state index in [0.717, 1.165) is 23.1 Å². The Bertz CT molecular complexity index is 1130. The van der Waals surface area contributed by atoms with Gasteiger partial charge in [0.2, 0.25) is 0 Å². The van der Waals surface area contributed by atoms with Crippen LogP contribution in [0.15, 0.2) is 55.2 Å². The normalized spacial score (nSPS) is 11.3. The molecule has 1 aromatic carbocycles. The van der Waals surface area contributed by atoms with Gasteiger partial charge < -0.3 is 9.88 Å². The molecule has 0 saturated heterocycles. The van der Waals surface area contributed by atoms with Crippen molar-refractivity contribution in [3.63, 3.8) is 0 Å². The SMILES string of the molecule is Cc1nc2c(cnn2C(C)C)cc1C(=O)NCc1ccc(Cn2ccnc2)cc1. The van der Waals surface area contributed by atoms with Crippen molar-refractivity contribution < 1.29 is 4.79 Å². The van der Waals surface area contributed by atoms with Crippen molar-refractivity contribution in [1.29, 1.82) is 0 Å². The van der Waals surface area contributed by atoms with E-state index in [1.165, 1.54) is 5.56 Å². The minimum Gasteiger partial charge on any atom is -0.348 e. The van der Waals surface area contributed by atoms with Gasteiger partial charge in [0.1, 0.15) is 0 Å². The zero-order valence-corrected chi connectivity index (χ0v) is 16.8. The molecule has 0 bridgehead atoms. The maximum Gasteiger partial charge on any atom is 0.253 e. The number of carbonyl (C=O) groups excluding carboxylic acids is 1. The second-order valence-corrected chi connectivity index (χ2v) is 7.45. The van der Waals surface area contributed by atoms with Crippen LogP contribution in [0.1, 0.15) is 47.1 Å². The van der Waals surface area contributed by atoms with E-state index in [-0.39, 0.29) is 11.9 Å². The number of aromatic nitrogens is 5. The molecule has 0 unspecified atom stereocenters. The molecule has 0 radical (unpaired) electrons. The Balaban J connectivity index is 1.43. The van der Waals surface area contributed by atoms with Gasteiger partial charge >= 0.3 is 0 Å². The first-order chi connectivity index (χ1) is 14.0. The summed E-state index contributed by atoms with van der Waals surface area (Å²) in [6.45, 7) is 7.22. The molecule has 1 amide bonds. The summed E-state index contributed by atoms with van der Waals surface area (Å²) in [6, 6.07) is 10.3. The second kappa shape index (κ2) is 7.87. The minimum atomic E-state index is -0.128. The van der Waals surface area contributed by atoms with Gasteiger partial charge in [0.25, 0.3) is 5.91 Å². The summed E-state index contributed by atoms with van der Waals surface area (Å²) < 4.78 is 3.89. The first kappa shape index (κ1) is 18.9. The highest BCUT2D eigenvalue weighted by Crippen LogP contribution is 2.19. The van der Waals surface area contributed by atoms with Gasteiger partial charge in [-0.05, 0) is 38.0 Å². The van der Waals surface area contributed by atoms with Crippen LogP contribution in [0.3, 0.4) is 0 Å². The Morgan fingerprint density at radius 3 is 2.62 bits per heavy atom. The quantitative estimate of drug-likeness (QED) is 0.548. The second-order valence-electron chi connectivity index (χ2n) is 7.45. The average molecular weight is 388 g/mol. The zero-order chi connectivity index (χ0) is 20.4. The highest BCUT2D eigenvalue weighted by Gasteiger charge is 2.15. The lowest BCUT2D eigenvalue weighted by Gasteiger charge is -2.10. The van der Waals surface area contributed by atoms with Crippen molar-refractivity contribution in [1.82, 2.24) is 29.6 Å². The van der Waals surface area contributed by atoms with Crippen LogP contribution in [-0.2, 0) is 13.1 Å². The lowest BCUT2D eigenvalue weighted by molar-refractivity contribution is 0.0950. The molecular formula is C22H24N6O. The van der Waals surface area contributed by atoms with Gasteiger partial charge in [-0.25, -0.2) is 14.6 Å². The molecule has 3 heterocycles. The smallest absolute Gasteiger partial charge is 0.253 e. The Morgan fingerprint density at radius 1 is 1.17 bits per heavy atom. The molecule has 29 heavy (non-hydrogen) atoms. The summed E-state index contributed by atoms with van der Waals surface area (Å²) >= 11 is 0. The van der Waals surface area contributed by atoms with Gasteiger partial charge in [0.05, 0.1) is 23.8 Å². The van der Waals surface area contributed by atoms with Crippen LogP contribution < -0.4 is 5.32 Å². The van der Waals surface area contributed by atoms with Crippen molar-refractivity contribution in [3.05, 3.63) is 77.6 Å². The Morgan fingerprint density at radius 2 is 1.93 bits per heavy atom. The van der Waals surface area contributed by atoms with Crippen molar-refractivity contribution in [3.8, 4) is 0 Å². The number of hydrogen-bond acceptors (Lipinski definition) is 4. The van der Waals surface area contributed by atoms with E-state index in [1.54, 1.807) is 18.7 Å². The molecule has 7 heteroatoms. The van der Waals surface area contributed by atoms with Crippen LogP contribution in [0.2, 0.25) is 0 Å². The molecule has 0 spiro atoms. The van der Waals surface area contributed by atoms with Crippen LogP contribution in [0.25, 0.3) is 11.0 Å². The number of rotatable bonds is 6. The summed E-state index contributed by atoms with van der Waals surface area (Å²) in [5, 5.41) is 8.25. The third-order valence-corrected chi connectivity index (χ3v) is 4.89. The third kappa shape index (κ3) is 4.03. The largest absolute Gasteiger partial charge is 0.348 e. The van der Waals surface area contributed by atoms with Gasteiger partial charge in [0, 0.05) is 36.9 Å². The fraction of sp³-hybridized carbons (Fsp3) is 0.273. The van der Waals surface area contributed by atoms with Crippen LogP contribution in [0, 0.1) is 6.92 Å². The lowest BCUT2D eigenvalue weighted by atomic mass is 10.1. The molecule has 0 aliphatic heterocycles. The van der Waals surface area contributed by atoms with Crippen LogP contribution in [0.5, 0.6) is 0 Å². The number of fused-ring (bicyclic) bond motifs is 1. The molecule has 4 aromatic rings. The Hall–Kier alpha value is -3.48. The van der Waals surface area contributed by atoms with E-state index >= 15 is 0 Å². The molecule has 0 aliphatic carbocycles. The zero-order valence-electron chi connectivity index (χ0n) is 16.8. The molecule has 0 aliphatic rings. The number of aryl methyl sites for hydroxylation is 1. The highest BCUT2D eigenvalue weighted by atomic mass is 16.1. The summed E-state index contributed by atoms with van der Waals surface area (Å²) in [6.07, 6.45) is 7.27. The van der Waals surface area contributed by atoms with Crippen molar-refractivity contribution in [2.24, 2.45) is 0 Å². The van der Waals surface area contributed by atoms with Gasteiger partial charge in [-0.1, -0.05) is 24.3 Å². The number of nitrogens with one attached hydrogen (secondary N) is 1. The third-order valence-electron chi connectivity index (χ3n) is 4.89. The summed E-state index contributed by atoms with van der Waals surface area (Å²) in [5.74, 6) is -0.128. The van der Waals surface area contributed by atoms with Gasteiger partial charge in [-0.3, -0.25) is 4.79 Å². The number of hydrogen-bond donors (Lipinski definition) is 1. The molecule has 4 rings (SSSR count). The van der Waals surface area contributed by atoms with E-state index in [2.05, 4.69) is 46.4 Å². The van der Waals surface area contributed by atoms with Crippen molar-refractivity contribution in [2.45, 2.75) is 39.9 Å². The number of benzene rings is 1. The molecular weight excluding hydrogens is 364 g/mol. The van der Waals surface area contributed by atoms with Gasteiger partial charge in [0.15, 0.2) is 5.65 Å². The molecule has 7 nitrogen and oxygen atoms in total. The summed E-state index contributed by atoms with van der Waals surface area (Å²) in [4.78, 5) is 21.4. The number of imidazole rings is 1. The average Bonchev–Trinajstić information content (AvgIpc) is 3.36. The molecule has 148 valence electrons. The van der Waals surface area contributed by atoms with E-state index in [4.69, 9.17) is 0 Å². The van der Waals surface area contributed by atoms with Crippen LogP contribution in [0.4, 0.5) is 0 Å². The molecule has 0 fully saturated rings. The lowest BCUT2D eigenvalue weighted by Crippen LogP contribution is -2.24. The highest BCUT2D eigenvalue weighted by molar-refractivity contribution is 5.98. The van der Waals surface area contributed by atoms with Crippen LogP contribution >= 0.6 is 0 Å². The Labute approximate surface area is 169 Å². The molecule has 1 N–H and O–H groups in total. The molecule has 0 atom stereocenters. The van der Waals surface area contributed by atoms with Crippen LogP contribution in [-0.4, -0.2) is 30.2 Å². The monoisotopic (exact) mass is 388 g/mol. The predicted molar refractivity (Wildman–Crippen MR) is 112 cm³/mol. The summed E-state index contributed by atoms with van der Waals surface area (Å²) in [7, 11) is 0. The van der Waals surface area contributed by atoms with Gasteiger partial charge in [-0.15, -0.1) is 0 Å². The fourth-order valence-corrected chi connectivity index (χ4v) is 3.30. The van der Waals surface area contributed by atoms with E-state index in [0.29, 0.717) is 17.8 Å². The number of carbonyl (C=O) groups is 1. The predicted octanol–water partition coefficient (Wildman–Crippen LogP) is 3.50. The van der Waals surface area contributed by atoms with Gasteiger partial charge in [-0.2, -0.15) is 5.10 Å². The van der Waals surface area contributed by atoms with Crippen molar-refractivity contribution in [2.75, 3.05) is 0 Å². The number of pyridine rings is 1. The molecule has 0 saturated carbocycles. The first-order valence-corrected chi connectivity index (χ1v) is 9.68. The molecule has 3 aromatic heterocycles.